The van der Waals surface area contributed by atoms with Gasteiger partial charge in [-0.05, 0) is 19.9 Å². The fraction of sp³-hybridized carbons (Fsp3) is 0.700. The second-order valence-corrected chi connectivity index (χ2v) is 3.25. The molecule has 1 aromatic rings. The van der Waals surface area contributed by atoms with Crippen molar-refractivity contribution in [2.24, 2.45) is 7.05 Å². The quantitative estimate of drug-likeness (QED) is 0.661. The third kappa shape index (κ3) is 4.39. The molecule has 0 spiro atoms. The van der Waals surface area contributed by atoms with Crippen molar-refractivity contribution in [1.82, 2.24) is 15.1 Å². The van der Waals surface area contributed by atoms with Crippen LogP contribution < -0.4 is 5.32 Å². The molecule has 1 heterocycles. The van der Waals surface area contributed by atoms with Crippen LogP contribution in [0.5, 0.6) is 0 Å². The van der Waals surface area contributed by atoms with E-state index < -0.39 is 0 Å². The minimum atomic E-state index is 0.808. The van der Waals surface area contributed by atoms with E-state index in [1.807, 2.05) is 31.0 Å². The Morgan fingerprint density at radius 1 is 1.57 bits per heavy atom. The van der Waals surface area contributed by atoms with Crippen LogP contribution in [-0.4, -0.2) is 29.5 Å². The lowest BCUT2D eigenvalue weighted by Crippen LogP contribution is -2.16. The summed E-state index contributed by atoms with van der Waals surface area (Å²) in [4.78, 5) is 0. The summed E-state index contributed by atoms with van der Waals surface area (Å²) >= 11 is 0. The molecule has 14 heavy (non-hydrogen) atoms. The molecule has 0 saturated carbocycles. The number of aromatic nitrogens is 2. The Bertz CT molecular complexity index is 247. The number of nitrogens with one attached hydrogen (secondary N) is 1. The van der Waals surface area contributed by atoms with E-state index in [0.717, 1.165) is 32.7 Å². The van der Waals surface area contributed by atoms with E-state index in [1.54, 1.807) is 0 Å². The first-order valence-corrected chi connectivity index (χ1v) is 5.09. The maximum atomic E-state index is 5.23. The van der Waals surface area contributed by atoms with Crippen molar-refractivity contribution in [3.63, 3.8) is 0 Å². The predicted molar refractivity (Wildman–Crippen MR) is 56.0 cm³/mol. The van der Waals surface area contributed by atoms with Crippen LogP contribution in [0.4, 0.5) is 0 Å². The van der Waals surface area contributed by atoms with Gasteiger partial charge in [0.1, 0.15) is 0 Å². The number of hydrogen-bond acceptors (Lipinski definition) is 3. The van der Waals surface area contributed by atoms with Gasteiger partial charge in [-0.15, -0.1) is 0 Å². The molecule has 0 bridgehead atoms. The number of ether oxygens (including phenoxy) is 1. The Balaban J connectivity index is 1.99. The minimum absolute atomic E-state index is 0.808. The summed E-state index contributed by atoms with van der Waals surface area (Å²) in [7, 11) is 1.93. The Labute approximate surface area is 85.3 Å². The molecule has 0 atom stereocenters. The molecule has 1 aromatic heterocycles. The summed E-state index contributed by atoms with van der Waals surface area (Å²) in [5, 5.41) is 7.44. The summed E-state index contributed by atoms with van der Waals surface area (Å²) in [5.41, 5.74) is 1.23. The van der Waals surface area contributed by atoms with E-state index in [4.69, 9.17) is 4.74 Å². The van der Waals surface area contributed by atoms with Crippen LogP contribution in [0.25, 0.3) is 0 Å². The van der Waals surface area contributed by atoms with Crippen molar-refractivity contribution < 1.29 is 4.74 Å². The Morgan fingerprint density at radius 3 is 3.07 bits per heavy atom. The van der Waals surface area contributed by atoms with Gasteiger partial charge < -0.3 is 10.1 Å². The maximum absolute atomic E-state index is 5.23. The van der Waals surface area contributed by atoms with Crippen LogP contribution in [0.15, 0.2) is 12.4 Å². The van der Waals surface area contributed by atoms with Gasteiger partial charge in [0.2, 0.25) is 0 Å². The third-order valence-corrected chi connectivity index (χ3v) is 1.93. The highest BCUT2D eigenvalue weighted by molar-refractivity contribution is 5.02. The van der Waals surface area contributed by atoms with Crippen LogP contribution in [0, 0.1) is 0 Å². The lowest BCUT2D eigenvalue weighted by Gasteiger charge is -2.02. The minimum Gasteiger partial charge on any atom is -0.382 e. The van der Waals surface area contributed by atoms with Crippen LogP contribution in [-0.2, 0) is 18.3 Å². The summed E-state index contributed by atoms with van der Waals surface area (Å²) in [5.74, 6) is 0. The van der Waals surface area contributed by atoms with Crippen molar-refractivity contribution in [3.05, 3.63) is 18.0 Å². The monoisotopic (exact) mass is 197 g/mol. The standard InChI is InChI=1S/C10H19N3O/c1-3-14-6-4-5-11-7-10-8-12-13(2)9-10/h8-9,11H,3-7H2,1-2H3. The molecule has 1 N–H and O–H groups in total. The van der Waals surface area contributed by atoms with Crippen molar-refractivity contribution in [2.75, 3.05) is 19.8 Å². The van der Waals surface area contributed by atoms with Crippen molar-refractivity contribution in [1.29, 1.82) is 0 Å². The second kappa shape index (κ2) is 6.56. The summed E-state index contributed by atoms with van der Waals surface area (Å²) < 4.78 is 7.05. The molecule has 4 heteroatoms. The summed E-state index contributed by atoms with van der Waals surface area (Å²) in [6, 6.07) is 0. The van der Waals surface area contributed by atoms with Crippen molar-refractivity contribution >= 4 is 0 Å². The summed E-state index contributed by atoms with van der Waals surface area (Å²) in [6.45, 7) is 5.55. The van der Waals surface area contributed by atoms with Gasteiger partial charge in [-0.2, -0.15) is 5.10 Å². The van der Waals surface area contributed by atoms with Gasteiger partial charge in [-0.3, -0.25) is 4.68 Å². The zero-order valence-electron chi connectivity index (χ0n) is 8.99. The number of hydrogen-bond donors (Lipinski definition) is 1. The zero-order valence-corrected chi connectivity index (χ0v) is 8.99. The fourth-order valence-electron chi connectivity index (χ4n) is 1.24. The van der Waals surface area contributed by atoms with Crippen LogP contribution in [0.1, 0.15) is 18.9 Å². The molecule has 0 saturated heterocycles. The van der Waals surface area contributed by atoms with Crippen LogP contribution in [0.3, 0.4) is 0 Å². The predicted octanol–water partition coefficient (Wildman–Crippen LogP) is 0.936. The molecule has 0 aliphatic carbocycles. The second-order valence-electron chi connectivity index (χ2n) is 3.25. The molecule has 0 amide bonds. The van der Waals surface area contributed by atoms with Gasteiger partial charge >= 0.3 is 0 Å². The molecule has 0 radical (unpaired) electrons. The maximum Gasteiger partial charge on any atom is 0.0534 e. The van der Waals surface area contributed by atoms with Crippen molar-refractivity contribution in [3.8, 4) is 0 Å². The molecule has 0 aromatic carbocycles. The van der Waals surface area contributed by atoms with Gasteiger partial charge in [0, 0.05) is 38.6 Å². The molecule has 0 aliphatic rings. The van der Waals surface area contributed by atoms with E-state index in [1.165, 1.54) is 5.56 Å². The topological polar surface area (TPSA) is 39.1 Å². The summed E-state index contributed by atoms with van der Waals surface area (Å²) in [6.07, 6.45) is 4.97. The van der Waals surface area contributed by atoms with Gasteiger partial charge in [0.15, 0.2) is 0 Å². The number of aryl methyl sites for hydroxylation is 1. The molecular weight excluding hydrogens is 178 g/mol. The first kappa shape index (κ1) is 11.2. The molecule has 1 rings (SSSR count). The smallest absolute Gasteiger partial charge is 0.0534 e. The highest BCUT2D eigenvalue weighted by Crippen LogP contribution is 1.94. The highest BCUT2D eigenvalue weighted by atomic mass is 16.5. The molecule has 0 fully saturated rings. The molecule has 0 aliphatic heterocycles. The Kier molecular flexibility index (Phi) is 5.25. The highest BCUT2D eigenvalue weighted by Gasteiger charge is 1.94. The molecule has 4 nitrogen and oxygen atoms in total. The van der Waals surface area contributed by atoms with Gasteiger partial charge in [0.25, 0.3) is 0 Å². The SMILES string of the molecule is CCOCCCNCc1cnn(C)c1. The Morgan fingerprint density at radius 2 is 2.43 bits per heavy atom. The van der Waals surface area contributed by atoms with E-state index in [-0.39, 0.29) is 0 Å². The van der Waals surface area contributed by atoms with Crippen molar-refractivity contribution in [2.45, 2.75) is 19.9 Å². The first-order valence-electron chi connectivity index (χ1n) is 5.09. The molecule has 0 unspecified atom stereocenters. The third-order valence-electron chi connectivity index (χ3n) is 1.93. The normalized spacial score (nSPS) is 10.7. The average molecular weight is 197 g/mol. The fourth-order valence-corrected chi connectivity index (χ4v) is 1.24. The van der Waals surface area contributed by atoms with Gasteiger partial charge in [-0.25, -0.2) is 0 Å². The lowest BCUT2D eigenvalue weighted by molar-refractivity contribution is 0.144. The van der Waals surface area contributed by atoms with E-state index in [0.29, 0.717) is 0 Å². The Hall–Kier alpha value is -0.870. The van der Waals surface area contributed by atoms with Crippen LogP contribution >= 0.6 is 0 Å². The number of nitrogens with zero attached hydrogens (tertiary/aromatic N) is 2. The first-order chi connectivity index (χ1) is 6.83. The zero-order chi connectivity index (χ0) is 10.2. The largest absolute Gasteiger partial charge is 0.382 e. The molecule has 80 valence electrons. The van der Waals surface area contributed by atoms with Gasteiger partial charge in [0.05, 0.1) is 6.20 Å². The van der Waals surface area contributed by atoms with Gasteiger partial charge in [-0.1, -0.05) is 0 Å². The number of rotatable bonds is 7. The lowest BCUT2D eigenvalue weighted by atomic mass is 10.3. The van der Waals surface area contributed by atoms with Crippen LogP contribution in [0.2, 0.25) is 0 Å². The van der Waals surface area contributed by atoms with E-state index in [9.17, 15) is 0 Å². The van der Waals surface area contributed by atoms with E-state index >= 15 is 0 Å². The average Bonchev–Trinajstić information content (AvgIpc) is 2.58. The molecular formula is C10H19N3O. The van der Waals surface area contributed by atoms with E-state index in [2.05, 4.69) is 10.4 Å².